The lowest BCUT2D eigenvalue weighted by Crippen LogP contribution is -2.18. The van der Waals surface area contributed by atoms with Gasteiger partial charge in [0, 0.05) is 16.8 Å². The van der Waals surface area contributed by atoms with Crippen LogP contribution >= 0.6 is 0 Å². The third-order valence-electron chi connectivity index (χ3n) is 2.37. The van der Waals surface area contributed by atoms with Crippen molar-refractivity contribution in [3.63, 3.8) is 0 Å². The molecule has 21 heavy (non-hydrogen) atoms. The Kier molecular flexibility index (Phi) is 5.40. The molecule has 0 saturated heterocycles. The smallest absolute Gasteiger partial charge is 0.411 e. The third kappa shape index (κ3) is 4.87. The monoisotopic (exact) mass is 299 g/mol. The van der Waals surface area contributed by atoms with Gasteiger partial charge in [-0.15, -0.1) is 0 Å². The number of aliphatic carboxylic acids is 1. The molecule has 0 saturated carbocycles. The van der Waals surface area contributed by atoms with Crippen LogP contribution < -0.4 is 5.32 Å². The second-order valence-corrected chi connectivity index (χ2v) is 4.57. The second-order valence-electron chi connectivity index (χ2n) is 4.57. The van der Waals surface area contributed by atoms with Crippen molar-refractivity contribution in [1.82, 2.24) is 0 Å². The molecule has 1 amide bonds. The van der Waals surface area contributed by atoms with Crippen molar-refractivity contribution in [2.75, 3.05) is 5.32 Å². The summed E-state index contributed by atoms with van der Waals surface area (Å²) in [6.07, 6.45) is -0.336. The largest absolute Gasteiger partial charge is 0.478 e. The molecule has 0 fully saturated rings. The maximum atomic E-state index is 13.8. The van der Waals surface area contributed by atoms with Gasteiger partial charge >= 0.3 is 12.1 Å². The number of benzene rings is 1. The molecule has 0 aliphatic rings. The Balaban J connectivity index is 3.03. The summed E-state index contributed by atoms with van der Waals surface area (Å²) < 4.78 is 32.3. The minimum atomic E-state index is -1.28. The van der Waals surface area contributed by atoms with Crippen molar-refractivity contribution in [2.45, 2.75) is 26.9 Å². The second kappa shape index (κ2) is 6.83. The van der Waals surface area contributed by atoms with Crippen molar-refractivity contribution in [3.8, 4) is 0 Å². The van der Waals surface area contributed by atoms with Gasteiger partial charge in [-0.05, 0) is 39.0 Å². The molecule has 0 aromatic heterocycles. The van der Waals surface area contributed by atoms with Crippen LogP contribution in [0, 0.1) is 11.6 Å². The van der Waals surface area contributed by atoms with Crippen LogP contribution in [0.3, 0.4) is 0 Å². The zero-order chi connectivity index (χ0) is 16.2. The molecule has 1 aromatic rings. The first kappa shape index (κ1) is 16.6. The van der Waals surface area contributed by atoms with E-state index < -0.39 is 29.3 Å². The normalized spacial score (nSPS) is 11.4. The molecule has 0 atom stereocenters. The highest BCUT2D eigenvalue weighted by molar-refractivity contribution is 5.91. The zero-order valence-corrected chi connectivity index (χ0v) is 11.7. The maximum absolute atomic E-state index is 13.8. The number of hydrogen-bond donors (Lipinski definition) is 2. The molecule has 2 N–H and O–H groups in total. The van der Waals surface area contributed by atoms with E-state index in [2.05, 4.69) is 5.32 Å². The van der Waals surface area contributed by atoms with Crippen LogP contribution in [0.4, 0.5) is 19.3 Å². The van der Waals surface area contributed by atoms with Gasteiger partial charge in [0.15, 0.2) is 0 Å². The Morgan fingerprint density at radius 1 is 1.29 bits per heavy atom. The lowest BCUT2D eigenvalue weighted by Gasteiger charge is -2.10. The number of ether oxygens (including phenoxy) is 1. The minimum Gasteiger partial charge on any atom is -0.478 e. The van der Waals surface area contributed by atoms with Crippen molar-refractivity contribution in [3.05, 3.63) is 34.9 Å². The van der Waals surface area contributed by atoms with Gasteiger partial charge in [-0.1, -0.05) is 0 Å². The molecular weight excluding hydrogens is 284 g/mol. The van der Waals surface area contributed by atoms with Crippen LogP contribution in [0.15, 0.2) is 17.7 Å². The summed E-state index contributed by atoms with van der Waals surface area (Å²) in [5.41, 5.74) is -0.828. The summed E-state index contributed by atoms with van der Waals surface area (Å²) in [7, 11) is 0. The molecule has 0 bridgehead atoms. The van der Waals surface area contributed by atoms with Crippen molar-refractivity contribution in [1.29, 1.82) is 0 Å². The third-order valence-corrected chi connectivity index (χ3v) is 2.37. The number of carboxylic acid groups (broad SMARTS) is 1. The van der Waals surface area contributed by atoms with Gasteiger partial charge in [-0.3, -0.25) is 5.32 Å². The van der Waals surface area contributed by atoms with Crippen LogP contribution in [0.1, 0.15) is 26.3 Å². The number of carbonyl (C=O) groups is 2. The standard InChI is InChI=1S/C14H15F2NO4/c1-7(2)21-14(20)17-9-5-11(15)10(12(16)6-9)4-8(3)13(18)19/h4-7H,1-3H3,(H,17,20)(H,18,19). The molecule has 0 unspecified atom stereocenters. The van der Waals surface area contributed by atoms with Gasteiger partial charge in [0.1, 0.15) is 11.6 Å². The van der Waals surface area contributed by atoms with Gasteiger partial charge in [0.2, 0.25) is 0 Å². The predicted octanol–water partition coefficient (Wildman–Crippen LogP) is 3.41. The van der Waals surface area contributed by atoms with E-state index in [1.165, 1.54) is 6.92 Å². The lowest BCUT2D eigenvalue weighted by molar-refractivity contribution is -0.132. The van der Waals surface area contributed by atoms with E-state index in [9.17, 15) is 18.4 Å². The highest BCUT2D eigenvalue weighted by Crippen LogP contribution is 2.21. The van der Waals surface area contributed by atoms with Gasteiger partial charge < -0.3 is 9.84 Å². The molecule has 1 aromatic carbocycles. The quantitative estimate of drug-likeness (QED) is 0.835. The highest BCUT2D eigenvalue weighted by Gasteiger charge is 2.13. The van der Waals surface area contributed by atoms with Gasteiger partial charge in [0.05, 0.1) is 6.10 Å². The predicted molar refractivity (Wildman–Crippen MR) is 72.9 cm³/mol. The summed E-state index contributed by atoms with van der Waals surface area (Å²) in [4.78, 5) is 22.0. The van der Waals surface area contributed by atoms with Gasteiger partial charge in [-0.2, -0.15) is 0 Å². The van der Waals surface area contributed by atoms with E-state index in [1.807, 2.05) is 0 Å². The molecule has 0 heterocycles. The number of carboxylic acids is 1. The summed E-state index contributed by atoms with van der Waals surface area (Å²) >= 11 is 0. The van der Waals surface area contributed by atoms with E-state index in [1.54, 1.807) is 13.8 Å². The molecule has 0 radical (unpaired) electrons. The summed E-state index contributed by atoms with van der Waals surface area (Å²) in [5.74, 6) is -3.26. The summed E-state index contributed by atoms with van der Waals surface area (Å²) in [6, 6.07) is 1.76. The zero-order valence-electron chi connectivity index (χ0n) is 11.7. The molecule has 1 rings (SSSR count). The number of amides is 1. The lowest BCUT2D eigenvalue weighted by atomic mass is 10.1. The Bertz CT molecular complexity index is 574. The van der Waals surface area contributed by atoms with E-state index in [0.29, 0.717) is 0 Å². The fraction of sp³-hybridized carbons (Fsp3) is 0.286. The Morgan fingerprint density at radius 2 is 1.81 bits per heavy atom. The minimum absolute atomic E-state index is 0.124. The maximum Gasteiger partial charge on any atom is 0.411 e. The van der Waals surface area contributed by atoms with Crippen molar-refractivity contribution >= 4 is 23.8 Å². The summed E-state index contributed by atoms with van der Waals surface area (Å²) in [6.45, 7) is 4.47. The number of nitrogens with one attached hydrogen (secondary N) is 1. The molecule has 5 nitrogen and oxygen atoms in total. The Labute approximate surface area is 120 Å². The van der Waals surface area contributed by atoms with E-state index in [0.717, 1.165) is 18.2 Å². The van der Waals surface area contributed by atoms with E-state index in [4.69, 9.17) is 9.84 Å². The van der Waals surface area contributed by atoms with Crippen LogP contribution in [0.5, 0.6) is 0 Å². The van der Waals surface area contributed by atoms with Crippen LogP contribution in [0.25, 0.3) is 6.08 Å². The number of hydrogen-bond acceptors (Lipinski definition) is 3. The topological polar surface area (TPSA) is 75.6 Å². The first-order chi connectivity index (χ1) is 9.70. The van der Waals surface area contributed by atoms with E-state index in [-0.39, 0.29) is 17.4 Å². The number of anilines is 1. The van der Waals surface area contributed by atoms with Crippen LogP contribution in [-0.4, -0.2) is 23.3 Å². The fourth-order valence-corrected chi connectivity index (χ4v) is 1.43. The first-order valence-electron chi connectivity index (χ1n) is 6.09. The first-order valence-corrected chi connectivity index (χ1v) is 6.09. The van der Waals surface area contributed by atoms with Crippen LogP contribution in [0.2, 0.25) is 0 Å². The van der Waals surface area contributed by atoms with Crippen LogP contribution in [-0.2, 0) is 9.53 Å². The van der Waals surface area contributed by atoms with E-state index >= 15 is 0 Å². The number of rotatable bonds is 4. The highest BCUT2D eigenvalue weighted by atomic mass is 19.1. The SMILES string of the molecule is CC(=Cc1c(F)cc(NC(=O)OC(C)C)cc1F)C(=O)O. The Morgan fingerprint density at radius 3 is 2.24 bits per heavy atom. The summed E-state index contributed by atoms with van der Waals surface area (Å²) in [5, 5.41) is 10.9. The number of halogens is 2. The number of carbonyl (C=O) groups excluding carboxylic acids is 1. The van der Waals surface area contributed by atoms with Crippen molar-refractivity contribution < 1.29 is 28.2 Å². The van der Waals surface area contributed by atoms with Gasteiger partial charge in [0.25, 0.3) is 0 Å². The molecule has 0 aliphatic heterocycles. The Hall–Kier alpha value is -2.44. The average Bonchev–Trinajstić information content (AvgIpc) is 2.32. The molecule has 7 heteroatoms. The van der Waals surface area contributed by atoms with Crippen molar-refractivity contribution in [2.24, 2.45) is 0 Å². The molecular formula is C14H15F2NO4. The fourth-order valence-electron chi connectivity index (χ4n) is 1.43. The van der Waals surface area contributed by atoms with Gasteiger partial charge in [-0.25, -0.2) is 18.4 Å². The molecule has 0 spiro atoms. The molecule has 0 aliphatic carbocycles. The molecule has 114 valence electrons. The average molecular weight is 299 g/mol.